The van der Waals surface area contributed by atoms with Gasteiger partial charge in [0.05, 0.1) is 21.0 Å². The summed E-state index contributed by atoms with van der Waals surface area (Å²) in [5.74, 6) is 0.775. The number of aromatic nitrogens is 2. The molecule has 26 heavy (non-hydrogen) atoms. The molecular formula is C19H19ClN4OS. The number of carbonyl (C=O) groups is 1. The standard InChI is InChI=1S/C19H19ClN4OS/c1-11-5-6-14(13(20)9-11)23-18(25)16-12(2)15-17(24-7-3-4-8-24)21-10-22-19(15)26-16/h5-6,9-10H,3-4,7-8H2,1-2H3,(H,23,25). The van der Waals surface area contributed by atoms with Gasteiger partial charge in [-0.25, -0.2) is 9.97 Å². The average Bonchev–Trinajstić information content (AvgIpc) is 3.26. The first kappa shape index (κ1) is 17.2. The molecule has 1 amide bonds. The van der Waals surface area contributed by atoms with Gasteiger partial charge in [0.2, 0.25) is 0 Å². The predicted molar refractivity (Wildman–Crippen MR) is 108 cm³/mol. The molecule has 1 fully saturated rings. The zero-order chi connectivity index (χ0) is 18.3. The molecule has 4 rings (SSSR count). The first-order chi connectivity index (χ1) is 12.5. The van der Waals surface area contributed by atoms with Crippen LogP contribution in [0.5, 0.6) is 0 Å². The summed E-state index contributed by atoms with van der Waals surface area (Å²) in [4.78, 5) is 25.5. The fraction of sp³-hybridized carbons (Fsp3) is 0.316. The van der Waals surface area contributed by atoms with Crippen LogP contribution in [0.3, 0.4) is 0 Å². The molecule has 1 N–H and O–H groups in total. The topological polar surface area (TPSA) is 58.1 Å². The Morgan fingerprint density at radius 2 is 2.00 bits per heavy atom. The molecule has 7 heteroatoms. The van der Waals surface area contributed by atoms with Crippen molar-refractivity contribution in [1.82, 2.24) is 9.97 Å². The van der Waals surface area contributed by atoms with E-state index in [9.17, 15) is 4.79 Å². The monoisotopic (exact) mass is 386 g/mol. The van der Waals surface area contributed by atoms with E-state index in [1.807, 2.05) is 32.0 Å². The summed E-state index contributed by atoms with van der Waals surface area (Å²) in [7, 11) is 0. The molecule has 0 aliphatic carbocycles. The molecule has 3 heterocycles. The summed E-state index contributed by atoms with van der Waals surface area (Å²) >= 11 is 7.65. The van der Waals surface area contributed by atoms with Crippen molar-refractivity contribution in [2.24, 2.45) is 0 Å². The van der Waals surface area contributed by atoms with Crippen LogP contribution < -0.4 is 10.2 Å². The van der Waals surface area contributed by atoms with Gasteiger partial charge in [0.1, 0.15) is 17.0 Å². The Kier molecular flexibility index (Phi) is 4.54. The van der Waals surface area contributed by atoms with Crippen LogP contribution in [-0.4, -0.2) is 29.0 Å². The predicted octanol–water partition coefficient (Wildman–Crippen LogP) is 4.81. The van der Waals surface area contributed by atoms with Crippen molar-refractivity contribution in [3.05, 3.63) is 45.6 Å². The van der Waals surface area contributed by atoms with Gasteiger partial charge in [-0.1, -0.05) is 17.7 Å². The first-order valence-corrected chi connectivity index (χ1v) is 9.80. The number of carbonyl (C=O) groups excluding carboxylic acids is 1. The van der Waals surface area contributed by atoms with Crippen LogP contribution in [0.15, 0.2) is 24.5 Å². The van der Waals surface area contributed by atoms with Crippen LogP contribution in [0.4, 0.5) is 11.5 Å². The van der Waals surface area contributed by atoms with Gasteiger partial charge in [-0.15, -0.1) is 11.3 Å². The second-order valence-corrected chi connectivity index (χ2v) is 7.97. The number of nitrogens with zero attached hydrogens (tertiary/aromatic N) is 3. The molecule has 134 valence electrons. The van der Waals surface area contributed by atoms with Gasteiger partial charge >= 0.3 is 0 Å². The molecule has 2 aromatic heterocycles. The van der Waals surface area contributed by atoms with Gasteiger partial charge in [-0.05, 0) is 49.9 Å². The lowest BCUT2D eigenvalue weighted by Crippen LogP contribution is -2.19. The normalized spacial score (nSPS) is 14.2. The fourth-order valence-electron chi connectivity index (χ4n) is 3.34. The number of anilines is 2. The molecular weight excluding hydrogens is 368 g/mol. The number of rotatable bonds is 3. The summed E-state index contributed by atoms with van der Waals surface area (Å²) in [6.07, 6.45) is 3.94. The summed E-state index contributed by atoms with van der Waals surface area (Å²) in [6.45, 7) is 5.93. The third-order valence-corrected chi connectivity index (χ3v) is 6.20. The average molecular weight is 387 g/mol. The van der Waals surface area contributed by atoms with Gasteiger partial charge in [0.25, 0.3) is 5.91 Å². The molecule has 0 unspecified atom stereocenters. The van der Waals surface area contributed by atoms with Gasteiger partial charge < -0.3 is 10.2 Å². The summed E-state index contributed by atoms with van der Waals surface area (Å²) in [5, 5.41) is 4.44. The van der Waals surface area contributed by atoms with E-state index in [0.717, 1.165) is 40.3 Å². The molecule has 1 aliphatic heterocycles. The molecule has 1 aliphatic rings. The number of nitrogens with one attached hydrogen (secondary N) is 1. The molecule has 1 saturated heterocycles. The number of fused-ring (bicyclic) bond motifs is 1. The number of hydrogen-bond acceptors (Lipinski definition) is 5. The van der Waals surface area contributed by atoms with Crippen molar-refractivity contribution < 1.29 is 4.79 Å². The lowest BCUT2D eigenvalue weighted by Gasteiger charge is -2.17. The number of hydrogen-bond donors (Lipinski definition) is 1. The third-order valence-electron chi connectivity index (χ3n) is 4.69. The molecule has 0 atom stereocenters. The van der Waals surface area contributed by atoms with E-state index in [1.54, 1.807) is 6.33 Å². The molecule has 0 radical (unpaired) electrons. The summed E-state index contributed by atoms with van der Waals surface area (Å²) in [5.41, 5.74) is 2.59. The number of amides is 1. The Balaban J connectivity index is 1.71. The highest BCUT2D eigenvalue weighted by atomic mass is 35.5. The zero-order valence-electron chi connectivity index (χ0n) is 14.7. The van der Waals surface area contributed by atoms with Gasteiger partial charge in [-0.2, -0.15) is 0 Å². The maximum Gasteiger partial charge on any atom is 0.266 e. The van der Waals surface area contributed by atoms with Crippen molar-refractivity contribution in [3.8, 4) is 0 Å². The van der Waals surface area contributed by atoms with Crippen molar-refractivity contribution in [2.75, 3.05) is 23.3 Å². The molecule has 0 spiro atoms. The highest BCUT2D eigenvalue weighted by molar-refractivity contribution is 7.20. The van der Waals surface area contributed by atoms with Gasteiger partial charge in [0, 0.05) is 13.1 Å². The lowest BCUT2D eigenvalue weighted by molar-refractivity contribution is 0.103. The zero-order valence-corrected chi connectivity index (χ0v) is 16.2. The molecule has 3 aromatic rings. The highest BCUT2D eigenvalue weighted by Gasteiger charge is 2.23. The Bertz CT molecular complexity index is 995. The van der Waals surface area contributed by atoms with Gasteiger partial charge in [0.15, 0.2) is 0 Å². The van der Waals surface area contributed by atoms with E-state index in [2.05, 4.69) is 20.2 Å². The summed E-state index contributed by atoms with van der Waals surface area (Å²) in [6, 6.07) is 5.59. The van der Waals surface area contributed by atoms with Crippen molar-refractivity contribution >= 4 is 50.6 Å². The second-order valence-electron chi connectivity index (χ2n) is 6.57. The second kappa shape index (κ2) is 6.85. The van der Waals surface area contributed by atoms with E-state index < -0.39 is 0 Å². The van der Waals surface area contributed by atoms with E-state index in [0.29, 0.717) is 15.6 Å². The van der Waals surface area contributed by atoms with Crippen molar-refractivity contribution in [3.63, 3.8) is 0 Å². The number of thiophene rings is 1. The van der Waals surface area contributed by atoms with Crippen LogP contribution in [-0.2, 0) is 0 Å². The summed E-state index contributed by atoms with van der Waals surface area (Å²) < 4.78 is 0. The van der Waals surface area contributed by atoms with E-state index >= 15 is 0 Å². The van der Waals surface area contributed by atoms with E-state index in [-0.39, 0.29) is 5.91 Å². The third kappa shape index (κ3) is 3.04. The van der Waals surface area contributed by atoms with Crippen LogP contribution in [0.2, 0.25) is 5.02 Å². The fourth-order valence-corrected chi connectivity index (χ4v) is 4.66. The first-order valence-electron chi connectivity index (χ1n) is 8.61. The van der Waals surface area contributed by atoms with E-state index in [4.69, 9.17) is 11.6 Å². The Morgan fingerprint density at radius 3 is 2.73 bits per heavy atom. The lowest BCUT2D eigenvalue weighted by atomic mass is 10.2. The van der Waals surface area contributed by atoms with Crippen molar-refractivity contribution in [2.45, 2.75) is 26.7 Å². The van der Waals surface area contributed by atoms with Crippen LogP contribution in [0.1, 0.15) is 33.6 Å². The number of benzene rings is 1. The van der Waals surface area contributed by atoms with E-state index in [1.165, 1.54) is 24.2 Å². The quantitative estimate of drug-likeness (QED) is 0.701. The van der Waals surface area contributed by atoms with Crippen molar-refractivity contribution in [1.29, 1.82) is 0 Å². The van der Waals surface area contributed by atoms with Crippen LogP contribution in [0.25, 0.3) is 10.2 Å². The van der Waals surface area contributed by atoms with Crippen LogP contribution >= 0.6 is 22.9 Å². The van der Waals surface area contributed by atoms with Gasteiger partial charge in [-0.3, -0.25) is 4.79 Å². The maximum atomic E-state index is 12.9. The Labute approximate surface area is 161 Å². The van der Waals surface area contributed by atoms with Crippen LogP contribution in [0, 0.1) is 13.8 Å². The smallest absolute Gasteiger partial charge is 0.266 e. The number of aryl methyl sites for hydroxylation is 2. The molecule has 1 aromatic carbocycles. The number of halogens is 1. The minimum atomic E-state index is -0.163. The molecule has 0 saturated carbocycles. The minimum absolute atomic E-state index is 0.163. The SMILES string of the molecule is Cc1ccc(NC(=O)c2sc3ncnc(N4CCCC4)c3c2C)c(Cl)c1. The molecule has 0 bridgehead atoms. The largest absolute Gasteiger partial charge is 0.356 e. The Morgan fingerprint density at radius 1 is 1.23 bits per heavy atom. The maximum absolute atomic E-state index is 12.9. The Hall–Kier alpha value is -2.18. The minimum Gasteiger partial charge on any atom is -0.356 e. The highest BCUT2D eigenvalue weighted by Crippen LogP contribution is 2.36. The molecule has 5 nitrogen and oxygen atoms in total.